The van der Waals surface area contributed by atoms with Crippen LogP contribution in [-0.2, 0) is 33.3 Å². The number of aromatic nitrogens is 4. The van der Waals surface area contributed by atoms with Crippen molar-refractivity contribution >= 4 is 39.4 Å². The fourth-order valence-electron chi connectivity index (χ4n) is 5.38. The van der Waals surface area contributed by atoms with E-state index in [2.05, 4.69) is 27.4 Å². The molecule has 2 N–H and O–H groups in total. The fraction of sp³-hybridized carbons (Fsp3) is 0.406. The number of nitrogens with zero attached hydrogens (tertiary/aromatic N) is 6. The Kier molecular flexibility index (Phi) is 10.3. The van der Waals surface area contributed by atoms with Crippen LogP contribution in [0.2, 0.25) is 5.02 Å². The number of nitrogens with one attached hydrogen (secondary N) is 1. The zero-order valence-corrected chi connectivity index (χ0v) is 28.2. The third-order valence-electron chi connectivity index (χ3n) is 8.13. The highest BCUT2D eigenvalue weighted by Gasteiger charge is 2.37. The van der Waals surface area contributed by atoms with Gasteiger partial charge in [0.1, 0.15) is 11.4 Å². The van der Waals surface area contributed by atoms with E-state index in [4.69, 9.17) is 25.7 Å². The summed E-state index contributed by atoms with van der Waals surface area (Å²) in [5.41, 5.74) is 0.274. The molecule has 0 spiro atoms. The van der Waals surface area contributed by atoms with Gasteiger partial charge in [0.05, 0.1) is 35.7 Å². The highest BCUT2D eigenvalue weighted by molar-refractivity contribution is 7.92. The van der Waals surface area contributed by atoms with Crippen LogP contribution in [0.3, 0.4) is 0 Å². The van der Waals surface area contributed by atoms with Crippen molar-refractivity contribution in [1.29, 1.82) is 0 Å². The van der Waals surface area contributed by atoms with E-state index in [1.807, 2.05) is 35.2 Å². The minimum atomic E-state index is -3.92. The average Bonchev–Trinajstić information content (AvgIpc) is 3.49. The molecule has 3 atom stereocenters. The molecule has 0 saturated heterocycles. The average molecular weight is 684 g/mol. The number of sulfonamides is 1. The number of ether oxygens (including phenoxy) is 1. The molecule has 0 aliphatic heterocycles. The van der Waals surface area contributed by atoms with Gasteiger partial charge in [-0.15, -0.1) is 10.2 Å². The molecule has 1 saturated carbocycles. The smallest absolute Gasteiger partial charge is 0.405 e. The minimum absolute atomic E-state index is 0.00577. The van der Waals surface area contributed by atoms with E-state index in [9.17, 15) is 18.3 Å². The number of hydrogen-bond donors (Lipinski definition) is 2. The van der Waals surface area contributed by atoms with Crippen molar-refractivity contribution in [3.05, 3.63) is 83.0 Å². The molecular weight excluding hydrogens is 646 g/mol. The van der Waals surface area contributed by atoms with Gasteiger partial charge in [-0.3, -0.25) is 4.98 Å². The predicted octanol–water partition coefficient (Wildman–Crippen LogP) is 4.98. The second kappa shape index (κ2) is 14.2. The van der Waals surface area contributed by atoms with Crippen molar-refractivity contribution in [3.8, 4) is 11.5 Å². The third kappa shape index (κ3) is 8.37. The summed E-state index contributed by atoms with van der Waals surface area (Å²) in [6.07, 6.45) is 2.67. The van der Waals surface area contributed by atoms with Gasteiger partial charge in [0.2, 0.25) is 21.8 Å². The molecule has 1 aliphatic carbocycles. The molecular formula is C32H38ClN7O6S. The summed E-state index contributed by atoms with van der Waals surface area (Å²) in [5, 5.41) is 20.7. The molecule has 3 heterocycles. The normalized spacial score (nSPS) is 17.1. The Labute approximate surface area is 279 Å². The van der Waals surface area contributed by atoms with Crippen LogP contribution in [-0.4, -0.2) is 72.8 Å². The first-order chi connectivity index (χ1) is 22.4. The van der Waals surface area contributed by atoms with Crippen LogP contribution in [0.1, 0.15) is 37.4 Å². The van der Waals surface area contributed by atoms with Gasteiger partial charge >= 0.3 is 6.09 Å². The summed E-state index contributed by atoms with van der Waals surface area (Å²) >= 11 is 7.00. The highest BCUT2D eigenvalue weighted by Crippen LogP contribution is 2.42. The zero-order chi connectivity index (χ0) is 33.8. The minimum Gasteiger partial charge on any atom is -0.465 e. The summed E-state index contributed by atoms with van der Waals surface area (Å²) in [4.78, 5) is 23.0. The maximum atomic E-state index is 13.3. The van der Waals surface area contributed by atoms with Gasteiger partial charge < -0.3 is 24.5 Å². The van der Waals surface area contributed by atoms with Crippen molar-refractivity contribution < 1.29 is 27.5 Å². The maximum absolute atomic E-state index is 13.3. The van der Waals surface area contributed by atoms with Gasteiger partial charge in [-0.05, 0) is 48.9 Å². The van der Waals surface area contributed by atoms with Crippen LogP contribution in [0.15, 0.2) is 65.2 Å². The van der Waals surface area contributed by atoms with Crippen molar-refractivity contribution in [1.82, 2.24) is 25.5 Å². The van der Waals surface area contributed by atoms with Gasteiger partial charge in [0.15, 0.2) is 5.82 Å². The van der Waals surface area contributed by atoms with Gasteiger partial charge in [0.25, 0.3) is 0 Å². The molecule has 0 radical (unpaired) electrons. The Balaban J connectivity index is 1.64. The largest absolute Gasteiger partial charge is 0.465 e. The fourth-order valence-corrected chi connectivity index (χ4v) is 6.52. The first-order valence-corrected chi connectivity index (χ1v) is 17.3. The molecule has 0 bridgehead atoms. The van der Waals surface area contributed by atoms with Gasteiger partial charge in [-0.25, -0.2) is 22.5 Å². The third-order valence-corrected chi connectivity index (χ3v) is 9.60. The van der Waals surface area contributed by atoms with Crippen molar-refractivity contribution in [3.63, 3.8) is 0 Å². The lowest BCUT2D eigenvalue weighted by atomic mass is 9.93. The Hall–Kier alpha value is -4.27. The summed E-state index contributed by atoms with van der Waals surface area (Å²) in [6.45, 7) is 5.27. The van der Waals surface area contributed by atoms with Crippen molar-refractivity contribution in [2.75, 3.05) is 42.3 Å². The predicted molar refractivity (Wildman–Crippen MR) is 178 cm³/mol. The summed E-state index contributed by atoms with van der Waals surface area (Å²) in [6, 6.07) is 16.2. The number of rotatable bonds is 15. The number of carboxylic acid groups (broad SMARTS) is 1. The summed E-state index contributed by atoms with van der Waals surface area (Å²) in [5.74, 6) is 1.37. The quantitative estimate of drug-likeness (QED) is 0.174. The van der Waals surface area contributed by atoms with E-state index in [1.165, 1.54) is 0 Å². The number of methoxy groups -OCH3 is 1. The topological polar surface area (TPSA) is 164 Å². The Morgan fingerprint density at radius 2 is 1.91 bits per heavy atom. The lowest BCUT2D eigenvalue weighted by molar-refractivity contribution is 0.172. The van der Waals surface area contributed by atoms with Crippen LogP contribution in [0.25, 0.3) is 11.5 Å². The number of anilines is 2. The number of amides is 1. The van der Waals surface area contributed by atoms with Crippen LogP contribution < -0.4 is 14.5 Å². The molecule has 0 unspecified atom stereocenters. The Bertz CT molecular complexity index is 1790. The SMILES string of the molecule is COCCN(C[C@@H]1C[C@H]1C)c1cc(-c2nnc([C@@](C)(Cc3ccccc3)NC(=O)O)o2)c(Cl)c(N(Cc2ccccn2)S(C)(=O)=O)n1. The second-order valence-corrected chi connectivity index (χ2v) is 14.3. The molecule has 4 aromatic rings. The number of halogens is 1. The van der Waals surface area contributed by atoms with E-state index < -0.39 is 21.7 Å². The summed E-state index contributed by atoms with van der Waals surface area (Å²) in [7, 11) is -2.31. The molecule has 13 nitrogen and oxygen atoms in total. The lowest BCUT2D eigenvalue weighted by Crippen LogP contribution is -2.44. The van der Waals surface area contributed by atoms with Crippen LogP contribution >= 0.6 is 11.6 Å². The Morgan fingerprint density at radius 3 is 2.53 bits per heavy atom. The number of hydrogen-bond acceptors (Lipinski definition) is 10. The molecule has 15 heteroatoms. The first-order valence-electron chi connectivity index (χ1n) is 15.1. The van der Waals surface area contributed by atoms with E-state index in [1.54, 1.807) is 44.5 Å². The van der Waals surface area contributed by atoms with E-state index >= 15 is 0 Å². The van der Waals surface area contributed by atoms with Gasteiger partial charge in [-0.2, -0.15) is 0 Å². The van der Waals surface area contributed by atoms with E-state index in [-0.39, 0.29) is 41.2 Å². The highest BCUT2D eigenvalue weighted by atomic mass is 35.5. The van der Waals surface area contributed by atoms with Crippen LogP contribution in [0, 0.1) is 11.8 Å². The Morgan fingerprint density at radius 1 is 1.19 bits per heavy atom. The molecule has 3 aromatic heterocycles. The number of benzene rings is 1. The lowest BCUT2D eigenvalue weighted by Gasteiger charge is -2.28. The number of pyridine rings is 2. The van der Waals surface area contributed by atoms with Crippen molar-refractivity contribution in [2.45, 2.75) is 38.8 Å². The molecule has 1 amide bonds. The van der Waals surface area contributed by atoms with Crippen LogP contribution in [0.4, 0.5) is 16.4 Å². The van der Waals surface area contributed by atoms with E-state index in [0.717, 1.165) is 22.5 Å². The van der Waals surface area contributed by atoms with Gasteiger partial charge in [-0.1, -0.05) is 54.9 Å². The second-order valence-electron chi connectivity index (χ2n) is 12.0. The summed E-state index contributed by atoms with van der Waals surface area (Å²) < 4.78 is 39.2. The van der Waals surface area contributed by atoms with Gasteiger partial charge in [0, 0.05) is 32.8 Å². The number of carbonyl (C=O) groups is 1. The molecule has 250 valence electrons. The standard InChI is InChI=1S/C32H38ClN7O6S/c1-21-16-23(21)19-39(14-15-45-3)26-17-25(27(33)28(35-26)40(47(4,43)44)20-24-12-8-9-13-34-24)29-37-38-30(46-29)32(2,36-31(41)42)18-22-10-6-5-7-11-22/h5-13,17,21,23,36H,14-16,18-20H2,1-4H3,(H,41,42)/t21-,23+,32-/m1/s1. The molecule has 1 aromatic carbocycles. The molecule has 1 fully saturated rings. The first kappa shape index (κ1) is 34.1. The molecule has 47 heavy (non-hydrogen) atoms. The monoisotopic (exact) mass is 683 g/mol. The molecule has 5 rings (SSSR count). The molecule has 1 aliphatic rings. The van der Waals surface area contributed by atoms with Crippen LogP contribution in [0.5, 0.6) is 0 Å². The van der Waals surface area contributed by atoms with Crippen molar-refractivity contribution in [2.24, 2.45) is 11.8 Å². The van der Waals surface area contributed by atoms with E-state index in [0.29, 0.717) is 43.0 Å². The maximum Gasteiger partial charge on any atom is 0.405 e. The zero-order valence-electron chi connectivity index (χ0n) is 26.6.